The lowest BCUT2D eigenvalue weighted by atomic mass is 10.1. The molecule has 130 valence electrons. The number of nitrogens with zero attached hydrogens (tertiary/aromatic N) is 2. The zero-order chi connectivity index (χ0) is 17.1. The van der Waals surface area contributed by atoms with Crippen molar-refractivity contribution in [2.75, 3.05) is 32.2 Å². The van der Waals surface area contributed by atoms with Crippen LogP contribution < -0.4 is 14.8 Å². The zero-order valence-electron chi connectivity index (χ0n) is 14.2. The number of rotatable bonds is 6. The number of methoxy groups -OCH3 is 1. The predicted molar refractivity (Wildman–Crippen MR) is 96.4 cm³/mol. The van der Waals surface area contributed by atoms with Crippen molar-refractivity contribution in [3.8, 4) is 11.5 Å². The Morgan fingerprint density at radius 1 is 1.12 bits per heavy atom. The third-order valence-electron chi connectivity index (χ3n) is 4.26. The van der Waals surface area contributed by atoms with E-state index in [1.54, 1.807) is 7.11 Å². The molecule has 2 heterocycles. The van der Waals surface area contributed by atoms with E-state index in [2.05, 4.69) is 16.0 Å². The smallest absolute Gasteiger partial charge is 0.204 e. The molecule has 2 aromatic carbocycles. The minimum Gasteiger partial charge on any atom is -0.486 e. The molecule has 0 radical (unpaired) electrons. The summed E-state index contributed by atoms with van der Waals surface area (Å²) in [4.78, 5) is 4.72. The molecule has 1 N–H and O–H groups in total. The van der Waals surface area contributed by atoms with E-state index in [9.17, 15) is 0 Å². The van der Waals surface area contributed by atoms with Crippen LogP contribution in [0.15, 0.2) is 42.5 Å². The molecule has 0 amide bonds. The van der Waals surface area contributed by atoms with Gasteiger partial charge in [0, 0.05) is 25.8 Å². The summed E-state index contributed by atoms with van der Waals surface area (Å²) >= 11 is 0. The van der Waals surface area contributed by atoms with E-state index in [-0.39, 0.29) is 0 Å². The summed E-state index contributed by atoms with van der Waals surface area (Å²) in [6.07, 6.45) is 0. The van der Waals surface area contributed by atoms with Crippen LogP contribution in [0.4, 0.5) is 5.95 Å². The Bertz CT molecular complexity index is 875. The van der Waals surface area contributed by atoms with Crippen molar-refractivity contribution in [1.29, 1.82) is 0 Å². The number of anilines is 1. The zero-order valence-corrected chi connectivity index (χ0v) is 14.2. The molecule has 0 saturated heterocycles. The number of ether oxygens (including phenoxy) is 3. The van der Waals surface area contributed by atoms with Crippen LogP contribution in [0.3, 0.4) is 0 Å². The second kappa shape index (κ2) is 7.03. The number of fused-ring (bicyclic) bond motifs is 2. The number of imidazole rings is 1. The molecule has 6 heteroatoms. The van der Waals surface area contributed by atoms with Crippen molar-refractivity contribution in [3.63, 3.8) is 0 Å². The molecule has 1 aliphatic rings. The molecule has 3 aromatic rings. The van der Waals surface area contributed by atoms with Gasteiger partial charge in [0.05, 0.1) is 17.6 Å². The van der Waals surface area contributed by atoms with Gasteiger partial charge in [0.25, 0.3) is 0 Å². The van der Waals surface area contributed by atoms with Gasteiger partial charge in [-0.25, -0.2) is 4.98 Å². The Balaban J connectivity index is 1.61. The highest BCUT2D eigenvalue weighted by atomic mass is 16.6. The average Bonchev–Trinajstić information content (AvgIpc) is 3.02. The van der Waals surface area contributed by atoms with Gasteiger partial charge in [0.2, 0.25) is 5.95 Å². The number of aromatic nitrogens is 2. The van der Waals surface area contributed by atoms with E-state index >= 15 is 0 Å². The van der Waals surface area contributed by atoms with Crippen LogP contribution in [0.2, 0.25) is 0 Å². The summed E-state index contributed by atoms with van der Waals surface area (Å²) in [7, 11) is 1.71. The molecule has 0 atom stereocenters. The molecule has 4 rings (SSSR count). The minimum absolute atomic E-state index is 0.580. The first-order valence-corrected chi connectivity index (χ1v) is 8.42. The van der Waals surface area contributed by atoms with Crippen LogP contribution in [0.1, 0.15) is 5.56 Å². The maximum Gasteiger partial charge on any atom is 0.204 e. The van der Waals surface area contributed by atoms with Crippen LogP contribution >= 0.6 is 0 Å². The van der Waals surface area contributed by atoms with Crippen LogP contribution in [-0.4, -0.2) is 36.5 Å². The van der Waals surface area contributed by atoms with Gasteiger partial charge in [-0.3, -0.25) is 0 Å². The van der Waals surface area contributed by atoms with E-state index in [1.165, 1.54) is 0 Å². The maximum absolute atomic E-state index is 5.78. The van der Waals surface area contributed by atoms with E-state index in [4.69, 9.17) is 19.2 Å². The highest BCUT2D eigenvalue weighted by Crippen LogP contribution is 2.34. The van der Waals surface area contributed by atoms with E-state index in [0.29, 0.717) is 26.4 Å². The molecule has 0 fully saturated rings. The van der Waals surface area contributed by atoms with Gasteiger partial charge < -0.3 is 24.1 Å². The van der Waals surface area contributed by atoms with Crippen molar-refractivity contribution in [2.45, 2.75) is 13.1 Å². The normalized spacial score (nSPS) is 13.2. The van der Waals surface area contributed by atoms with Crippen LogP contribution in [0.25, 0.3) is 11.0 Å². The molecule has 25 heavy (non-hydrogen) atoms. The fourth-order valence-electron chi connectivity index (χ4n) is 3.07. The third kappa shape index (κ3) is 3.13. The quantitative estimate of drug-likeness (QED) is 0.748. The SMILES string of the molecule is COCCn1c(NCc2cccc3c2OCCO3)nc2ccccc21. The Kier molecular flexibility index (Phi) is 4.43. The van der Waals surface area contributed by atoms with Crippen molar-refractivity contribution < 1.29 is 14.2 Å². The lowest BCUT2D eigenvalue weighted by Crippen LogP contribution is -2.17. The molecule has 6 nitrogen and oxygen atoms in total. The first-order chi connectivity index (χ1) is 12.4. The minimum atomic E-state index is 0.580. The number of hydrogen-bond acceptors (Lipinski definition) is 5. The van der Waals surface area contributed by atoms with Gasteiger partial charge in [-0.15, -0.1) is 0 Å². The number of benzene rings is 2. The predicted octanol–water partition coefficient (Wildman–Crippen LogP) is 3.07. The monoisotopic (exact) mass is 339 g/mol. The number of nitrogens with one attached hydrogen (secondary N) is 1. The summed E-state index contributed by atoms with van der Waals surface area (Å²) in [5, 5.41) is 3.44. The molecule has 0 unspecified atom stereocenters. The molecular weight excluding hydrogens is 318 g/mol. The summed E-state index contributed by atoms with van der Waals surface area (Å²) < 4.78 is 18.8. The van der Waals surface area contributed by atoms with Crippen molar-refractivity contribution in [2.24, 2.45) is 0 Å². The van der Waals surface area contributed by atoms with Crippen molar-refractivity contribution in [3.05, 3.63) is 48.0 Å². The van der Waals surface area contributed by atoms with Gasteiger partial charge in [0.15, 0.2) is 11.5 Å². The van der Waals surface area contributed by atoms with Gasteiger partial charge >= 0.3 is 0 Å². The van der Waals surface area contributed by atoms with Gasteiger partial charge in [-0.2, -0.15) is 0 Å². The molecule has 0 bridgehead atoms. The van der Waals surface area contributed by atoms with E-state index in [0.717, 1.165) is 40.6 Å². The van der Waals surface area contributed by atoms with Crippen molar-refractivity contribution in [1.82, 2.24) is 9.55 Å². The summed E-state index contributed by atoms with van der Waals surface area (Å²) in [5.41, 5.74) is 3.12. The average molecular weight is 339 g/mol. The van der Waals surface area contributed by atoms with Crippen molar-refractivity contribution >= 4 is 17.0 Å². The number of para-hydroxylation sites is 3. The highest BCUT2D eigenvalue weighted by Gasteiger charge is 2.16. The Hall–Kier alpha value is -2.73. The van der Waals surface area contributed by atoms with Crippen LogP contribution in [0.5, 0.6) is 11.5 Å². The van der Waals surface area contributed by atoms with E-state index in [1.807, 2.05) is 36.4 Å². The third-order valence-corrected chi connectivity index (χ3v) is 4.26. The second-order valence-corrected chi connectivity index (χ2v) is 5.86. The number of hydrogen-bond donors (Lipinski definition) is 1. The Labute approximate surface area is 146 Å². The molecular formula is C19H21N3O3. The Morgan fingerprint density at radius 3 is 2.92 bits per heavy atom. The maximum atomic E-state index is 5.78. The van der Waals surface area contributed by atoms with Gasteiger partial charge in [0.1, 0.15) is 13.2 Å². The first-order valence-electron chi connectivity index (χ1n) is 8.42. The largest absolute Gasteiger partial charge is 0.486 e. The fraction of sp³-hybridized carbons (Fsp3) is 0.316. The van der Waals surface area contributed by atoms with E-state index < -0.39 is 0 Å². The lowest BCUT2D eigenvalue weighted by Gasteiger charge is -2.21. The first kappa shape index (κ1) is 15.8. The Morgan fingerprint density at radius 2 is 2.00 bits per heavy atom. The standard InChI is InChI=1S/C19H21N3O3/c1-23-10-9-22-16-7-3-2-6-15(16)21-19(22)20-13-14-5-4-8-17-18(14)25-12-11-24-17/h2-8H,9-13H2,1H3,(H,20,21). The van der Waals surface area contributed by atoms with Gasteiger partial charge in [-0.1, -0.05) is 24.3 Å². The summed E-state index contributed by atoms with van der Waals surface area (Å²) in [6.45, 7) is 3.16. The topological polar surface area (TPSA) is 57.5 Å². The second-order valence-electron chi connectivity index (χ2n) is 5.86. The molecule has 1 aliphatic heterocycles. The lowest BCUT2D eigenvalue weighted by molar-refractivity contribution is 0.170. The summed E-state index contributed by atoms with van der Waals surface area (Å²) in [6, 6.07) is 14.1. The van der Waals surface area contributed by atoms with Gasteiger partial charge in [-0.05, 0) is 18.2 Å². The fourth-order valence-corrected chi connectivity index (χ4v) is 3.07. The van der Waals surface area contributed by atoms with Crippen LogP contribution in [-0.2, 0) is 17.8 Å². The molecule has 1 aromatic heterocycles. The highest BCUT2D eigenvalue weighted by molar-refractivity contribution is 5.78. The van der Waals surface area contributed by atoms with Crippen LogP contribution in [0, 0.1) is 0 Å². The summed E-state index contributed by atoms with van der Waals surface area (Å²) in [5.74, 6) is 2.45. The molecule has 0 spiro atoms. The molecule has 0 aliphatic carbocycles. The molecule has 0 saturated carbocycles.